The van der Waals surface area contributed by atoms with Gasteiger partial charge in [0.15, 0.2) is 11.6 Å². The van der Waals surface area contributed by atoms with Gasteiger partial charge in [0.1, 0.15) is 6.04 Å². The minimum atomic E-state index is -0.984. The third-order valence-electron chi connectivity index (χ3n) is 2.64. The monoisotopic (exact) mass is 356 g/mol. The van der Waals surface area contributed by atoms with E-state index < -0.39 is 17.7 Å². The van der Waals surface area contributed by atoms with Crippen molar-refractivity contribution < 1.29 is 8.78 Å². The molecule has 6 heteroatoms. The molecule has 0 fully saturated rings. The molecule has 0 saturated heterocycles. The van der Waals surface area contributed by atoms with E-state index in [0.29, 0.717) is 20.7 Å². The minimum Gasteiger partial charge on any atom is -0.366 e. The topological polar surface area (TPSA) is 35.8 Å². The molecule has 1 N–H and O–H groups in total. The zero-order valence-corrected chi connectivity index (χ0v) is 12.3. The number of hydrogen-bond acceptors (Lipinski definition) is 2. The Kier molecular flexibility index (Phi) is 4.58. The Hall–Kier alpha value is -1.64. The summed E-state index contributed by atoms with van der Waals surface area (Å²) in [6.07, 6.45) is 0. The molecule has 0 aromatic heterocycles. The van der Waals surface area contributed by atoms with Gasteiger partial charge < -0.3 is 5.32 Å². The Morgan fingerprint density at radius 2 is 1.90 bits per heavy atom. The van der Waals surface area contributed by atoms with Gasteiger partial charge in [0.05, 0.1) is 11.1 Å². The number of benzene rings is 2. The van der Waals surface area contributed by atoms with Crippen LogP contribution in [0.1, 0.15) is 11.6 Å². The van der Waals surface area contributed by atoms with Gasteiger partial charge in [-0.1, -0.05) is 17.7 Å². The zero-order chi connectivity index (χ0) is 14.7. The molecular weight excluding hydrogens is 350 g/mol. The largest absolute Gasteiger partial charge is 0.366 e. The van der Waals surface area contributed by atoms with Gasteiger partial charge in [0, 0.05) is 10.2 Å². The van der Waals surface area contributed by atoms with Crippen LogP contribution in [0.4, 0.5) is 14.5 Å². The Balaban J connectivity index is 2.26. The molecule has 20 heavy (non-hydrogen) atoms. The molecule has 2 rings (SSSR count). The minimum absolute atomic E-state index is 0.345. The second-order valence-electron chi connectivity index (χ2n) is 4.01. The number of anilines is 1. The summed E-state index contributed by atoms with van der Waals surface area (Å²) in [7, 11) is 0. The predicted molar refractivity (Wildman–Crippen MR) is 77.5 cm³/mol. The normalized spacial score (nSPS) is 11.8. The Labute approximate surface area is 128 Å². The zero-order valence-electron chi connectivity index (χ0n) is 10.0. The van der Waals surface area contributed by atoms with Crippen molar-refractivity contribution in [3.63, 3.8) is 0 Å². The summed E-state index contributed by atoms with van der Waals surface area (Å²) in [4.78, 5) is 0. The molecule has 0 saturated carbocycles. The Morgan fingerprint density at radius 3 is 2.50 bits per heavy atom. The molecule has 2 nitrogen and oxygen atoms in total. The Morgan fingerprint density at radius 1 is 1.15 bits per heavy atom. The van der Waals surface area contributed by atoms with Crippen molar-refractivity contribution in [2.45, 2.75) is 6.04 Å². The number of halogens is 4. The SMILES string of the molecule is N#CC(Nc1ccc(Cl)c(Br)c1)c1ccc(F)c(F)c1. The van der Waals surface area contributed by atoms with Crippen molar-refractivity contribution in [3.8, 4) is 6.07 Å². The van der Waals surface area contributed by atoms with Crippen LogP contribution < -0.4 is 5.32 Å². The summed E-state index contributed by atoms with van der Waals surface area (Å²) in [5.74, 6) is -1.93. The van der Waals surface area contributed by atoms with E-state index in [1.807, 2.05) is 6.07 Å². The van der Waals surface area contributed by atoms with Gasteiger partial charge in [0.2, 0.25) is 0 Å². The van der Waals surface area contributed by atoms with Gasteiger partial charge in [0.25, 0.3) is 0 Å². The molecule has 0 radical (unpaired) electrons. The lowest BCUT2D eigenvalue weighted by atomic mass is 10.1. The fourth-order valence-corrected chi connectivity index (χ4v) is 2.13. The van der Waals surface area contributed by atoms with Gasteiger partial charge in [-0.05, 0) is 51.8 Å². The first-order valence-electron chi connectivity index (χ1n) is 5.57. The summed E-state index contributed by atoms with van der Waals surface area (Å²) in [6, 6.07) is 9.62. The van der Waals surface area contributed by atoms with E-state index in [1.54, 1.807) is 18.2 Å². The van der Waals surface area contributed by atoms with Crippen LogP contribution >= 0.6 is 27.5 Å². The highest BCUT2D eigenvalue weighted by Gasteiger charge is 2.13. The summed E-state index contributed by atoms with van der Waals surface area (Å²) >= 11 is 9.15. The number of rotatable bonds is 3. The van der Waals surface area contributed by atoms with Crippen molar-refractivity contribution in [1.82, 2.24) is 0 Å². The van der Waals surface area contributed by atoms with E-state index in [9.17, 15) is 8.78 Å². The highest BCUT2D eigenvalue weighted by atomic mass is 79.9. The Bertz CT molecular complexity index is 685. The molecular formula is C14H8BrClF2N2. The third-order valence-corrected chi connectivity index (χ3v) is 3.85. The molecule has 0 heterocycles. The van der Waals surface area contributed by atoms with Gasteiger partial charge >= 0.3 is 0 Å². The molecule has 2 aromatic carbocycles. The highest BCUT2D eigenvalue weighted by molar-refractivity contribution is 9.10. The number of nitrogens with zero attached hydrogens (tertiary/aromatic N) is 1. The lowest BCUT2D eigenvalue weighted by Crippen LogP contribution is -2.09. The molecule has 0 amide bonds. The van der Waals surface area contributed by atoms with Crippen LogP contribution in [-0.4, -0.2) is 0 Å². The van der Waals surface area contributed by atoms with Crippen LogP contribution in [0.5, 0.6) is 0 Å². The quantitative estimate of drug-likeness (QED) is 0.833. The van der Waals surface area contributed by atoms with E-state index in [4.69, 9.17) is 16.9 Å². The van der Waals surface area contributed by atoms with Crippen LogP contribution in [0.15, 0.2) is 40.9 Å². The van der Waals surface area contributed by atoms with E-state index in [1.165, 1.54) is 6.07 Å². The summed E-state index contributed by atoms with van der Waals surface area (Å²) in [6.45, 7) is 0. The number of nitrogens with one attached hydrogen (secondary N) is 1. The second-order valence-corrected chi connectivity index (χ2v) is 5.27. The standard InChI is InChI=1S/C14H8BrClF2N2/c15-10-6-9(2-3-11(10)16)20-14(7-19)8-1-4-12(17)13(18)5-8/h1-6,14,20H. The van der Waals surface area contributed by atoms with Gasteiger partial charge in [-0.2, -0.15) is 5.26 Å². The molecule has 0 aliphatic rings. The van der Waals surface area contributed by atoms with Gasteiger partial charge in [-0.15, -0.1) is 0 Å². The maximum Gasteiger partial charge on any atom is 0.159 e. The maximum absolute atomic E-state index is 13.2. The van der Waals surface area contributed by atoms with E-state index in [0.717, 1.165) is 12.1 Å². The van der Waals surface area contributed by atoms with Gasteiger partial charge in [-0.3, -0.25) is 0 Å². The van der Waals surface area contributed by atoms with Crippen molar-refractivity contribution in [2.75, 3.05) is 5.32 Å². The average Bonchev–Trinajstić information content (AvgIpc) is 2.43. The molecule has 1 unspecified atom stereocenters. The van der Waals surface area contributed by atoms with Crippen molar-refractivity contribution in [1.29, 1.82) is 5.26 Å². The fraction of sp³-hybridized carbons (Fsp3) is 0.0714. The number of nitriles is 1. The van der Waals surface area contributed by atoms with E-state index >= 15 is 0 Å². The van der Waals surface area contributed by atoms with Crippen LogP contribution in [0, 0.1) is 23.0 Å². The smallest absolute Gasteiger partial charge is 0.159 e. The summed E-state index contributed by atoms with van der Waals surface area (Å²) < 4.78 is 26.8. The van der Waals surface area contributed by atoms with Crippen LogP contribution in [0.3, 0.4) is 0 Å². The summed E-state index contributed by atoms with van der Waals surface area (Å²) in [5, 5.41) is 12.6. The summed E-state index contributed by atoms with van der Waals surface area (Å²) in [5.41, 5.74) is 0.982. The lowest BCUT2D eigenvalue weighted by Gasteiger charge is -2.14. The molecule has 102 valence electrons. The van der Waals surface area contributed by atoms with Crippen LogP contribution in [-0.2, 0) is 0 Å². The molecule has 0 aliphatic carbocycles. The van der Waals surface area contributed by atoms with Crippen molar-refractivity contribution in [2.24, 2.45) is 0 Å². The maximum atomic E-state index is 13.2. The first-order valence-corrected chi connectivity index (χ1v) is 6.74. The van der Waals surface area contributed by atoms with Gasteiger partial charge in [-0.25, -0.2) is 8.78 Å². The van der Waals surface area contributed by atoms with Crippen molar-refractivity contribution in [3.05, 3.63) is 63.1 Å². The van der Waals surface area contributed by atoms with Crippen LogP contribution in [0.25, 0.3) is 0 Å². The first-order chi connectivity index (χ1) is 9.51. The molecule has 0 bridgehead atoms. The second kappa shape index (κ2) is 6.21. The first kappa shape index (κ1) is 14.8. The molecule has 0 aliphatic heterocycles. The van der Waals surface area contributed by atoms with Crippen LogP contribution in [0.2, 0.25) is 5.02 Å². The third kappa shape index (κ3) is 3.27. The average molecular weight is 358 g/mol. The lowest BCUT2D eigenvalue weighted by molar-refractivity contribution is 0.507. The molecule has 0 spiro atoms. The molecule has 1 atom stereocenters. The van der Waals surface area contributed by atoms with E-state index in [2.05, 4.69) is 21.2 Å². The number of hydrogen-bond donors (Lipinski definition) is 1. The fourth-order valence-electron chi connectivity index (χ4n) is 1.63. The van der Waals surface area contributed by atoms with E-state index in [-0.39, 0.29) is 0 Å². The molecule has 2 aromatic rings. The highest BCUT2D eigenvalue weighted by Crippen LogP contribution is 2.28. The predicted octanol–water partition coefficient (Wildman–Crippen LogP) is 5.06. The van der Waals surface area contributed by atoms with Crippen molar-refractivity contribution >= 4 is 33.2 Å².